The second-order valence-corrected chi connectivity index (χ2v) is 8.84. The number of nitrogens with zero attached hydrogens (tertiary/aromatic N) is 3. The van der Waals surface area contributed by atoms with E-state index in [0.717, 1.165) is 34.3 Å². The first-order valence-corrected chi connectivity index (χ1v) is 10.6. The van der Waals surface area contributed by atoms with Crippen molar-refractivity contribution in [2.75, 3.05) is 11.9 Å². The fourth-order valence-electron chi connectivity index (χ4n) is 4.32. The fourth-order valence-corrected chi connectivity index (χ4v) is 5.30. The van der Waals surface area contributed by atoms with Crippen molar-refractivity contribution >= 4 is 28.7 Å². The molecule has 25 heavy (non-hydrogen) atoms. The summed E-state index contributed by atoms with van der Waals surface area (Å²) < 4.78 is 2.89. The van der Waals surface area contributed by atoms with Gasteiger partial charge in [0.2, 0.25) is 5.13 Å². The van der Waals surface area contributed by atoms with Crippen molar-refractivity contribution in [2.24, 2.45) is 5.92 Å². The third kappa shape index (κ3) is 4.13. The Kier molecular flexibility index (Phi) is 5.48. The maximum absolute atomic E-state index is 5.57. The number of likely N-dealkylation sites (tertiary alicyclic amines) is 1. The third-order valence-corrected chi connectivity index (χ3v) is 6.83. The Labute approximate surface area is 158 Å². The molecular formula is C19H26N4S2. The number of anilines is 1. The van der Waals surface area contributed by atoms with Crippen LogP contribution in [0.4, 0.5) is 5.13 Å². The van der Waals surface area contributed by atoms with Crippen LogP contribution in [0.25, 0.3) is 0 Å². The van der Waals surface area contributed by atoms with Crippen molar-refractivity contribution in [1.82, 2.24) is 14.7 Å². The Hall–Kier alpha value is -1.24. The molecule has 4 rings (SSSR count). The molecule has 2 heterocycles. The lowest BCUT2D eigenvalue weighted by molar-refractivity contribution is 0.0327. The number of hydrogen-bond acceptors (Lipinski definition) is 5. The second-order valence-electron chi connectivity index (χ2n) is 7.22. The highest BCUT2D eigenvalue weighted by atomic mass is 32.1. The molecule has 1 aliphatic carbocycles. The van der Waals surface area contributed by atoms with Gasteiger partial charge in [0, 0.05) is 19.1 Å². The molecule has 1 saturated carbocycles. The van der Waals surface area contributed by atoms with Gasteiger partial charge in [-0.05, 0) is 49.4 Å². The molecule has 2 aliphatic rings. The van der Waals surface area contributed by atoms with Crippen LogP contribution in [0.5, 0.6) is 0 Å². The number of benzene rings is 1. The predicted molar refractivity (Wildman–Crippen MR) is 106 cm³/mol. The Morgan fingerprint density at radius 1 is 1.12 bits per heavy atom. The van der Waals surface area contributed by atoms with Crippen molar-refractivity contribution in [1.29, 1.82) is 0 Å². The smallest absolute Gasteiger partial charge is 0.204 e. The highest BCUT2D eigenvalue weighted by molar-refractivity contribution is 7.73. The molecular weight excluding hydrogens is 348 g/mol. The molecule has 1 aromatic heterocycles. The van der Waals surface area contributed by atoms with E-state index in [4.69, 9.17) is 17.3 Å². The van der Waals surface area contributed by atoms with Crippen molar-refractivity contribution in [3.8, 4) is 0 Å². The highest BCUT2D eigenvalue weighted by Gasteiger charge is 2.33. The second kappa shape index (κ2) is 7.98. The van der Waals surface area contributed by atoms with E-state index in [1.165, 1.54) is 50.6 Å². The van der Waals surface area contributed by atoms with Crippen LogP contribution in [0.15, 0.2) is 30.3 Å². The van der Waals surface area contributed by atoms with Crippen molar-refractivity contribution < 1.29 is 0 Å². The lowest BCUT2D eigenvalue weighted by atomic mass is 9.78. The summed E-state index contributed by atoms with van der Waals surface area (Å²) in [6, 6.07) is 11.2. The molecule has 0 unspecified atom stereocenters. The van der Waals surface area contributed by atoms with E-state index in [2.05, 4.69) is 34.5 Å². The Balaban J connectivity index is 1.41. The van der Waals surface area contributed by atoms with Gasteiger partial charge in [-0.3, -0.25) is 4.90 Å². The van der Waals surface area contributed by atoms with Crippen LogP contribution < -0.4 is 5.32 Å². The van der Waals surface area contributed by atoms with Crippen LogP contribution in [0.2, 0.25) is 0 Å². The molecule has 1 saturated heterocycles. The van der Waals surface area contributed by atoms with Crippen molar-refractivity contribution in [3.05, 3.63) is 39.8 Å². The average molecular weight is 375 g/mol. The topological polar surface area (TPSA) is 33.1 Å². The van der Waals surface area contributed by atoms with Gasteiger partial charge in [-0.2, -0.15) is 0 Å². The predicted octanol–water partition coefficient (Wildman–Crippen LogP) is 4.90. The van der Waals surface area contributed by atoms with Crippen LogP contribution in [-0.4, -0.2) is 27.3 Å². The van der Waals surface area contributed by atoms with E-state index in [1.807, 2.05) is 10.7 Å². The van der Waals surface area contributed by atoms with Crippen LogP contribution in [-0.2, 0) is 13.2 Å². The molecule has 0 amide bonds. The van der Waals surface area contributed by atoms with Gasteiger partial charge in [-0.1, -0.05) is 54.5 Å². The molecule has 0 spiro atoms. The van der Waals surface area contributed by atoms with Gasteiger partial charge < -0.3 is 5.32 Å². The molecule has 1 aromatic carbocycles. The summed E-state index contributed by atoms with van der Waals surface area (Å²) in [4.78, 5) is 2.63. The lowest BCUT2D eigenvalue weighted by Gasteiger charge is -2.43. The number of rotatable bonds is 5. The summed E-state index contributed by atoms with van der Waals surface area (Å²) in [6.45, 7) is 2.83. The minimum atomic E-state index is 0.742. The zero-order valence-electron chi connectivity index (χ0n) is 14.6. The minimum absolute atomic E-state index is 0.742. The van der Waals surface area contributed by atoms with Crippen LogP contribution in [0, 0.1) is 9.87 Å². The first-order chi connectivity index (χ1) is 12.3. The molecule has 2 fully saturated rings. The van der Waals surface area contributed by atoms with Crippen LogP contribution >= 0.6 is 23.6 Å². The fraction of sp³-hybridized carbons (Fsp3) is 0.579. The minimum Gasteiger partial charge on any atom is -0.356 e. The van der Waals surface area contributed by atoms with E-state index >= 15 is 0 Å². The van der Waals surface area contributed by atoms with Gasteiger partial charge in [0.15, 0.2) is 3.95 Å². The van der Waals surface area contributed by atoms with E-state index in [1.54, 1.807) is 11.3 Å². The molecule has 2 atom stereocenters. The number of nitrogens with one attached hydrogen (secondary N) is 1. The number of aromatic nitrogens is 2. The Morgan fingerprint density at radius 2 is 1.92 bits per heavy atom. The highest BCUT2D eigenvalue weighted by Crippen LogP contribution is 2.35. The lowest BCUT2D eigenvalue weighted by Crippen LogP contribution is -2.47. The van der Waals surface area contributed by atoms with Crippen LogP contribution in [0.3, 0.4) is 0 Å². The van der Waals surface area contributed by atoms with Gasteiger partial charge in [0.1, 0.15) is 0 Å². The Bertz CT molecular complexity index is 737. The van der Waals surface area contributed by atoms with E-state index in [-0.39, 0.29) is 0 Å². The van der Waals surface area contributed by atoms with Crippen molar-refractivity contribution in [3.63, 3.8) is 0 Å². The summed E-state index contributed by atoms with van der Waals surface area (Å²) in [5.74, 6) is 0.894. The number of fused-ring (bicyclic) bond motifs is 1. The van der Waals surface area contributed by atoms with Gasteiger partial charge in [-0.25, -0.2) is 4.68 Å². The van der Waals surface area contributed by atoms with Gasteiger partial charge in [0.05, 0.1) is 6.67 Å². The normalized spacial score (nSPS) is 24.0. The van der Waals surface area contributed by atoms with Crippen molar-refractivity contribution in [2.45, 2.75) is 57.8 Å². The quantitative estimate of drug-likeness (QED) is 0.755. The molecule has 0 bridgehead atoms. The molecule has 0 radical (unpaired) electrons. The van der Waals surface area contributed by atoms with Gasteiger partial charge in [0.25, 0.3) is 0 Å². The number of hydrogen-bond donors (Lipinski definition) is 1. The summed E-state index contributed by atoms with van der Waals surface area (Å²) in [6.07, 6.45) is 8.28. The first kappa shape index (κ1) is 17.2. The Morgan fingerprint density at radius 3 is 2.80 bits per heavy atom. The SMILES string of the molecule is S=c1sc(NCc2ccccc2)nn1CN1CCC[C@@H]2CCCC[C@@H]21. The first-order valence-electron chi connectivity index (χ1n) is 9.39. The van der Waals surface area contributed by atoms with Gasteiger partial charge >= 0.3 is 0 Å². The zero-order valence-corrected chi connectivity index (χ0v) is 16.2. The molecule has 4 nitrogen and oxygen atoms in total. The molecule has 1 aliphatic heterocycles. The van der Waals surface area contributed by atoms with E-state index < -0.39 is 0 Å². The largest absolute Gasteiger partial charge is 0.356 e. The maximum atomic E-state index is 5.57. The molecule has 134 valence electrons. The van der Waals surface area contributed by atoms with Crippen LogP contribution in [0.1, 0.15) is 44.1 Å². The molecule has 2 aromatic rings. The summed E-state index contributed by atoms with van der Waals surface area (Å²) in [7, 11) is 0. The molecule has 1 N–H and O–H groups in total. The summed E-state index contributed by atoms with van der Waals surface area (Å²) >= 11 is 7.15. The maximum Gasteiger partial charge on any atom is 0.204 e. The van der Waals surface area contributed by atoms with E-state index in [9.17, 15) is 0 Å². The van der Waals surface area contributed by atoms with Gasteiger partial charge in [-0.15, -0.1) is 5.10 Å². The summed E-state index contributed by atoms with van der Waals surface area (Å²) in [5, 5.41) is 9.07. The molecule has 6 heteroatoms. The monoisotopic (exact) mass is 374 g/mol. The van der Waals surface area contributed by atoms with E-state index in [0.29, 0.717) is 0 Å². The number of piperidine rings is 1. The summed E-state index contributed by atoms with van der Waals surface area (Å²) in [5.41, 5.74) is 1.26. The standard InChI is InChI=1S/C19H26N4S2/c24-19-23(14-22-12-6-10-16-9-4-5-11-17(16)22)21-18(25-19)20-13-15-7-2-1-3-8-15/h1-3,7-8,16-17H,4-6,9-14H2,(H,20,21)/t16-,17-/m0/s1. The third-order valence-electron chi connectivity index (χ3n) is 5.57. The zero-order chi connectivity index (χ0) is 17.1. The average Bonchev–Trinajstić information content (AvgIpc) is 3.01.